The Kier molecular flexibility index (Phi) is 5.82. The normalized spacial score (nSPS) is 30.4. The number of piperidine rings is 1. The zero-order valence-electron chi connectivity index (χ0n) is 12.0. The fraction of sp³-hybridized carbons (Fsp3) is 0.867. The van der Waals surface area contributed by atoms with Gasteiger partial charge >= 0.3 is 0 Å². The van der Waals surface area contributed by atoms with Gasteiger partial charge in [0.25, 0.3) is 0 Å². The third-order valence-corrected chi connectivity index (χ3v) is 4.49. The molecule has 0 radical (unpaired) electrons. The van der Waals surface area contributed by atoms with Gasteiger partial charge in [-0.15, -0.1) is 6.58 Å². The van der Waals surface area contributed by atoms with E-state index in [0.717, 1.165) is 58.8 Å². The number of morpholine rings is 1. The summed E-state index contributed by atoms with van der Waals surface area (Å²) in [5, 5.41) is 9.71. The molecule has 0 aromatic rings. The average Bonchev–Trinajstić information content (AvgIpc) is 2.47. The third kappa shape index (κ3) is 4.28. The summed E-state index contributed by atoms with van der Waals surface area (Å²) >= 11 is 0. The van der Waals surface area contributed by atoms with E-state index in [9.17, 15) is 5.11 Å². The van der Waals surface area contributed by atoms with Crippen molar-refractivity contribution < 1.29 is 9.84 Å². The maximum atomic E-state index is 9.71. The first kappa shape index (κ1) is 15.0. The van der Waals surface area contributed by atoms with Crippen LogP contribution in [0.1, 0.15) is 19.3 Å². The molecule has 0 saturated carbocycles. The van der Waals surface area contributed by atoms with Gasteiger partial charge < -0.3 is 14.7 Å². The van der Waals surface area contributed by atoms with Crippen LogP contribution in [-0.2, 0) is 4.74 Å². The van der Waals surface area contributed by atoms with Crippen LogP contribution in [0.15, 0.2) is 12.7 Å². The Morgan fingerprint density at radius 2 is 1.89 bits per heavy atom. The minimum absolute atomic E-state index is 0.0605. The topological polar surface area (TPSA) is 35.9 Å². The van der Waals surface area contributed by atoms with E-state index < -0.39 is 0 Å². The second kappa shape index (κ2) is 7.39. The van der Waals surface area contributed by atoms with Gasteiger partial charge in [0, 0.05) is 38.1 Å². The first-order valence-corrected chi connectivity index (χ1v) is 7.52. The number of hydrogen-bond acceptors (Lipinski definition) is 4. The number of allylic oxidation sites excluding steroid dienone is 1. The van der Waals surface area contributed by atoms with Crippen molar-refractivity contribution in [3.8, 4) is 0 Å². The molecule has 2 aliphatic heterocycles. The maximum absolute atomic E-state index is 9.71. The van der Waals surface area contributed by atoms with Crippen LogP contribution >= 0.6 is 0 Å². The molecule has 110 valence electrons. The van der Waals surface area contributed by atoms with Crippen molar-refractivity contribution >= 4 is 0 Å². The standard InChI is InChI=1S/C15H28N2O2/c1-2-4-15(14-18)5-3-6-17(13-15)8-7-16-9-11-19-12-10-16/h2,18H,1,3-14H2. The lowest BCUT2D eigenvalue weighted by Gasteiger charge is -2.42. The summed E-state index contributed by atoms with van der Waals surface area (Å²) in [5.41, 5.74) is 0.0605. The molecule has 0 amide bonds. The van der Waals surface area contributed by atoms with Crippen LogP contribution < -0.4 is 0 Å². The SMILES string of the molecule is C=CCC1(CO)CCCN(CCN2CCOCC2)C1. The van der Waals surface area contributed by atoms with Crippen molar-refractivity contribution in [2.24, 2.45) is 5.41 Å². The van der Waals surface area contributed by atoms with Crippen LogP contribution in [0.2, 0.25) is 0 Å². The van der Waals surface area contributed by atoms with Gasteiger partial charge in [0.05, 0.1) is 19.8 Å². The van der Waals surface area contributed by atoms with Crippen molar-refractivity contribution in [1.29, 1.82) is 0 Å². The Morgan fingerprint density at radius 3 is 2.58 bits per heavy atom. The molecular formula is C15H28N2O2. The van der Waals surface area contributed by atoms with Crippen molar-refractivity contribution in [1.82, 2.24) is 9.80 Å². The minimum Gasteiger partial charge on any atom is -0.396 e. The first-order chi connectivity index (χ1) is 9.28. The van der Waals surface area contributed by atoms with E-state index in [1.807, 2.05) is 6.08 Å². The number of aliphatic hydroxyl groups is 1. The summed E-state index contributed by atoms with van der Waals surface area (Å²) in [5.74, 6) is 0. The lowest BCUT2D eigenvalue weighted by molar-refractivity contribution is 0.0123. The van der Waals surface area contributed by atoms with Crippen LogP contribution in [0.4, 0.5) is 0 Å². The third-order valence-electron chi connectivity index (χ3n) is 4.49. The highest BCUT2D eigenvalue weighted by molar-refractivity contribution is 4.92. The van der Waals surface area contributed by atoms with E-state index in [4.69, 9.17) is 4.74 Å². The van der Waals surface area contributed by atoms with E-state index in [-0.39, 0.29) is 12.0 Å². The van der Waals surface area contributed by atoms with E-state index in [2.05, 4.69) is 16.4 Å². The second-order valence-electron chi connectivity index (χ2n) is 5.98. The molecule has 2 saturated heterocycles. The fourth-order valence-corrected chi connectivity index (χ4v) is 3.27. The molecule has 2 fully saturated rings. The molecule has 2 rings (SSSR count). The molecule has 4 nitrogen and oxygen atoms in total. The zero-order chi connectivity index (χ0) is 13.6. The highest BCUT2D eigenvalue weighted by atomic mass is 16.5. The quantitative estimate of drug-likeness (QED) is 0.728. The molecule has 0 aromatic heterocycles. The molecule has 19 heavy (non-hydrogen) atoms. The van der Waals surface area contributed by atoms with Crippen molar-refractivity contribution in [3.63, 3.8) is 0 Å². The number of rotatable bonds is 6. The van der Waals surface area contributed by atoms with Gasteiger partial charge in [-0.1, -0.05) is 6.08 Å². The Bertz CT molecular complexity index is 279. The molecular weight excluding hydrogens is 240 g/mol. The molecule has 2 aliphatic rings. The number of nitrogens with zero attached hydrogens (tertiary/aromatic N) is 2. The van der Waals surface area contributed by atoms with Crippen molar-refractivity contribution in [3.05, 3.63) is 12.7 Å². The Hall–Kier alpha value is -0.420. The largest absolute Gasteiger partial charge is 0.396 e. The summed E-state index contributed by atoms with van der Waals surface area (Å²) in [6, 6.07) is 0. The number of aliphatic hydroxyl groups excluding tert-OH is 1. The molecule has 1 N–H and O–H groups in total. The van der Waals surface area contributed by atoms with Gasteiger partial charge in [0.15, 0.2) is 0 Å². The van der Waals surface area contributed by atoms with E-state index in [0.29, 0.717) is 0 Å². The van der Waals surface area contributed by atoms with Gasteiger partial charge in [0.2, 0.25) is 0 Å². The lowest BCUT2D eigenvalue weighted by Crippen LogP contribution is -2.48. The van der Waals surface area contributed by atoms with Gasteiger partial charge in [0.1, 0.15) is 0 Å². The lowest BCUT2D eigenvalue weighted by atomic mass is 9.78. The van der Waals surface area contributed by atoms with Crippen LogP contribution in [0.5, 0.6) is 0 Å². The fourth-order valence-electron chi connectivity index (χ4n) is 3.27. The summed E-state index contributed by atoms with van der Waals surface area (Å²) in [7, 11) is 0. The Labute approximate surface area is 117 Å². The van der Waals surface area contributed by atoms with Gasteiger partial charge in [-0.05, 0) is 25.8 Å². The average molecular weight is 268 g/mol. The minimum atomic E-state index is 0.0605. The molecule has 1 unspecified atom stereocenters. The smallest absolute Gasteiger partial charge is 0.0594 e. The van der Waals surface area contributed by atoms with Gasteiger partial charge in [-0.3, -0.25) is 4.90 Å². The zero-order valence-corrected chi connectivity index (χ0v) is 12.0. The number of likely N-dealkylation sites (tertiary alicyclic amines) is 1. The van der Waals surface area contributed by atoms with E-state index in [1.54, 1.807) is 0 Å². The first-order valence-electron chi connectivity index (χ1n) is 7.52. The molecule has 0 spiro atoms. The number of hydrogen-bond donors (Lipinski definition) is 1. The molecule has 0 bridgehead atoms. The highest BCUT2D eigenvalue weighted by Gasteiger charge is 2.33. The number of ether oxygens (including phenoxy) is 1. The van der Waals surface area contributed by atoms with E-state index >= 15 is 0 Å². The van der Waals surface area contributed by atoms with Crippen LogP contribution in [0, 0.1) is 5.41 Å². The molecule has 4 heteroatoms. The Morgan fingerprint density at radius 1 is 1.16 bits per heavy atom. The molecule has 1 atom stereocenters. The van der Waals surface area contributed by atoms with Crippen molar-refractivity contribution in [2.45, 2.75) is 19.3 Å². The monoisotopic (exact) mass is 268 g/mol. The summed E-state index contributed by atoms with van der Waals surface area (Å²) in [4.78, 5) is 4.99. The van der Waals surface area contributed by atoms with Crippen LogP contribution in [-0.4, -0.2) is 74.0 Å². The highest BCUT2D eigenvalue weighted by Crippen LogP contribution is 2.33. The molecule has 2 heterocycles. The van der Waals surface area contributed by atoms with Gasteiger partial charge in [-0.25, -0.2) is 0 Å². The van der Waals surface area contributed by atoms with Crippen LogP contribution in [0.3, 0.4) is 0 Å². The predicted octanol–water partition coefficient (Wildman–Crippen LogP) is 0.969. The van der Waals surface area contributed by atoms with Crippen LogP contribution in [0.25, 0.3) is 0 Å². The predicted molar refractivity (Wildman–Crippen MR) is 77.3 cm³/mol. The summed E-state index contributed by atoms with van der Waals surface area (Å²) in [6.07, 6.45) is 5.21. The summed E-state index contributed by atoms with van der Waals surface area (Å²) in [6.45, 7) is 12.4. The summed E-state index contributed by atoms with van der Waals surface area (Å²) < 4.78 is 5.37. The van der Waals surface area contributed by atoms with Gasteiger partial charge in [-0.2, -0.15) is 0 Å². The second-order valence-corrected chi connectivity index (χ2v) is 5.98. The molecule has 0 aliphatic carbocycles. The van der Waals surface area contributed by atoms with E-state index in [1.165, 1.54) is 13.0 Å². The maximum Gasteiger partial charge on any atom is 0.0594 e. The molecule has 0 aromatic carbocycles. The Balaban J connectivity index is 1.78. The van der Waals surface area contributed by atoms with Crippen molar-refractivity contribution in [2.75, 3.05) is 59.1 Å².